The van der Waals surface area contributed by atoms with Gasteiger partial charge in [-0.15, -0.1) is 5.10 Å². The number of carbonyl (C=O) groups is 1. The van der Waals surface area contributed by atoms with Gasteiger partial charge in [-0.05, 0) is 72.1 Å². The van der Waals surface area contributed by atoms with Crippen molar-refractivity contribution in [3.8, 4) is 11.5 Å². The third kappa shape index (κ3) is 5.68. The number of hydrogen-bond donors (Lipinski definition) is 1. The summed E-state index contributed by atoms with van der Waals surface area (Å²) in [6.07, 6.45) is 2.47. The fraction of sp³-hybridized carbons (Fsp3) is 0.280. The van der Waals surface area contributed by atoms with Gasteiger partial charge in [0.05, 0.1) is 11.3 Å². The molecule has 2 aromatic carbocycles. The smallest absolute Gasteiger partial charge is 0.283 e. The van der Waals surface area contributed by atoms with Gasteiger partial charge in [0.15, 0.2) is 5.84 Å². The summed E-state index contributed by atoms with van der Waals surface area (Å²) in [6, 6.07) is 13.2. The fourth-order valence-electron chi connectivity index (χ4n) is 3.48. The Hall–Kier alpha value is -3.44. The third-order valence-corrected chi connectivity index (χ3v) is 8.50. The molecule has 11 heteroatoms. The normalized spacial score (nSPS) is 16.6. The number of fused-ring (bicyclic) bond motifs is 1. The quantitative estimate of drug-likeness (QED) is 0.407. The highest BCUT2D eigenvalue weighted by molar-refractivity contribution is 8.42. The van der Waals surface area contributed by atoms with E-state index in [0.717, 1.165) is 34.5 Å². The van der Waals surface area contributed by atoms with Gasteiger partial charge in [0.1, 0.15) is 24.7 Å². The molecule has 0 bridgehead atoms. The van der Waals surface area contributed by atoms with Crippen LogP contribution < -0.4 is 9.47 Å². The zero-order valence-corrected chi connectivity index (χ0v) is 21.8. The Labute approximate surface area is 214 Å². The zero-order valence-electron chi connectivity index (χ0n) is 20.1. The lowest BCUT2D eigenvalue weighted by atomic mass is 10.1. The lowest BCUT2D eigenvalue weighted by Crippen LogP contribution is -2.35. The number of aryl methyl sites for hydroxylation is 2. The first-order valence-electron chi connectivity index (χ1n) is 11.4. The topological polar surface area (TPSA) is 121 Å². The molecule has 0 aromatic heterocycles. The first kappa shape index (κ1) is 25.6. The molecule has 0 spiro atoms. The van der Waals surface area contributed by atoms with Crippen molar-refractivity contribution in [1.82, 2.24) is 5.01 Å². The molecule has 1 amide bonds. The van der Waals surface area contributed by atoms with E-state index in [2.05, 4.69) is 23.1 Å². The molecule has 0 unspecified atom stereocenters. The Morgan fingerprint density at radius 3 is 2.42 bits per heavy atom. The zero-order chi connectivity index (χ0) is 25.9. The van der Waals surface area contributed by atoms with E-state index in [9.17, 15) is 13.2 Å². The van der Waals surface area contributed by atoms with Crippen molar-refractivity contribution in [3.63, 3.8) is 0 Å². The van der Waals surface area contributed by atoms with E-state index < -0.39 is 15.7 Å². The van der Waals surface area contributed by atoms with Gasteiger partial charge in [-0.1, -0.05) is 32.0 Å². The molecule has 4 rings (SSSR count). The molecule has 2 aliphatic rings. The van der Waals surface area contributed by atoms with Crippen molar-refractivity contribution >= 4 is 49.0 Å². The second-order valence-electron chi connectivity index (χ2n) is 8.06. The van der Waals surface area contributed by atoms with Crippen LogP contribution in [0, 0.1) is 12.3 Å². The number of hydrogen-bond acceptors (Lipinski definition) is 8. The SMILES string of the molecule is CCc1cc(C)cc(OCCOc2ccc(/C=C3\C(=N)N4N=C(S(=O)(=O)CC)SC4=NC3=O)cc2)c1. The fourth-order valence-corrected chi connectivity index (χ4v) is 5.65. The highest BCUT2D eigenvalue weighted by Gasteiger charge is 2.39. The van der Waals surface area contributed by atoms with Crippen LogP contribution in [0.4, 0.5) is 0 Å². The number of amides is 1. The summed E-state index contributed by atoms with van der Waals surface area (Å²) in [5, 5.41) is 13.5. The second-order valence-corrected chi connectivity index (χ2v) is 11.5. The minimum absolute atomic E-state index is 0.0184. The highest BCUT2D eigenvalue weighted by atomic mass is 32.3. The summed E-state index contributed by atoms with van der Waals surface area (Å²) in [7, 11) is -3.57. The lowest BCUT2D eigenvalue weighted by molar-refractivity contribution is -0.114. The average Bonchev–Trinajstić information content (AvgIpc) is 3.30. The average molecular weight is 527 g/mol. The van der Waals surface area contributed by atoms with Crippen molar-refractivity contribution in [1.29, 1.82) is 5.41 Å². The van der Waals surface area contributed by atoms with Crippen molar-refractivity contribution < 1.29 is 22.7 Å². The molecular formula is C25H26N4O5S2. The van der Waals surface area contributed by atoms with Gasteiger partial charge >= 0.3 is 0 Å². The molecule has 9 nitrogen and oxygen atoms in total. The number of sulfone groups is 1. The number of rotatable bonds is 8. The van der Waals surface area contributed by atoms with Gasteiger partial charge in [0.25, 0.3) is 5.91 Å². The molecule has 2 aliphatic heterocycles. The Morgan fingerprint density at radius 2 is 1.75 bits per heavy atom. The van der Waals surface area contributed by atoms with E-state index in [1.54, 1.807) is 24.3 Å². The third-order valence-electron chi connectivity index (χ3n) is 5.41. The van der Waals surface area contributed by atoms with Gasteiger partial charge in [-0.3, -0.25) is 10.2 Å². The van der Waals surface area contributed by atoms with E-state index in [0.29, 0.717) is 24.5 Å². The predicted octanol–water partition coefficient (Wildman–Crippen LogP) is 4.03. The Bertz CT molecular complexity index is 1400. The number of thioether (sulfide) groups is 1. The largest absolute Gasteiger partial charge is 0.490 e. The van der Waals surface area contributed by atoms with Crippen LogP contribution in [0.5, 0.6) is 11.5 Å². The van der Waals surface area contributed by atoms with E-state index in [-0.39, 0.29) is 26.7 Å². The van der Waals surface area contributed by atoms with Crippen LogP contribution in [0.2, 0.25) is 0 Å². The van der Waals surface area contributed by atoms with Crippen molar-refractivity contribution in [2.45, 2.75) is 27.2 Å². The molecule has 188 valence electrons. The van der Waals surface area contributed by atoms with Crippen molar-refractivity contribution in [2.24, 2.45) is 10.1 Å². The number of benzene rings is 2. The minimum atomic E-state index is -3.57. The molecule has 0 fully saturated rings. The number of hydrazone groups is 1. The monoisotopic (exact) mass is 526 g/mol. The van der Waals surface area contributed by atoms with E-state index >= 15 is 0 Å². The van der Waals surface area contributed by atoms with Crippen molar-refractivity contribution in [3.05, 3.63) is 64.7 Å². The molecule has 0 saturated heterocycles. The minimum Gasteiger partial charge on any atom is -0.490 e. The second kappa shape index (κ2) is 10.7. The molecule has 0 aliphatic carbocycles. The number of carbonyl (C=O) groups excluding carboxylic acids is 1. The maximum atomic E-state index is 12.5. The molecular weight excluding hydrogens is 500 g/mol. The molecule has 2 aromatic rings. The lowest BCUT2D eigenvalue weighted by Gasteiger charge is -2.20. The Morgan fingerprint density at radius 1 is 1.06 bits per heavy atom. The Balaban J connectivity index is 1.38. The summed E-state index contributed by atoms with van der Waals surface area (Å²) in [6.45, 7) is 6.41. The van der Waals surface area contributed by atoms with Crippen LogP contribution in [0.25, 0.3) is 6.08 Å². The molecule has 2 heterocycles. The summed E-state index contributed by atoms with van der Waals surface area (Å²) in [5.41, 5.74) is 3.06. The van der Waals surface area contributed by atoms with E-state index in [1.807, 2.05) is 19.1 Å². The van der Waals surface area contributed by atoms with Gasteiger partial charge in [0.2, 0.25) is 19.4 Å². The van der Waals surface area contributed by atoms with Gasteiger partial charge in [-0.25, -0.2) is 8.42 Å². The summed E-state index contributed by atoms with van der Waals surface area (Å²) >= 11 is 0.776. The number of nitrogens with one attached hydrogen (secondary N) is 1. The van der Waals surface area contributed by atoms with Crippen LogP contribution in [-0.4, -0.2) is 53.7 Å². The van der Waals surface area contributed by atoms with Crippen LogP contribution in [0.15, 0.2) is 58.1 Å². The maximum absolute atomic E-state index is 12.5. The molecule has 36 heavy (non-hydrogen) atoms. The van der Waals surface area contributed by atoms with Gasteiger partial charge in [-0.2, -0.15) is 10.0 Å². The van der Waals surface area contributed by atoms with Crippen molar-refractivity contribution in [2.75, 3.05) is 19.0 Å². The number of amidine groups is 2. The van der Waals surface area contributed by atoms with E-state index in [4.69, 9.17) is 14.9 Å². The van der Waals surface area contributed by atoms with Crippen LogP contribution in [-0.2, 0) is 21.1 Å². The Kier molecular flexibility index (Phi) is 7.60. The number of aliphatic imine (C=N–C) groups is 1. The molecule has 0 atom stereocenters. The summed E-state index contributed by atoms with van der Waals surface area (Å²) in [5.74, 6) is 0.487. The van der Waals surface area contributed by atoms with Crippen LogP contribution >= 0.6 is 11.8 Å². The van der Waals surface area contributed by atoms with E-state index in [1.165, 1.54) is 18.6 Å². The first-order valence-corrected chi connectivity index (χ1v) is 13.9. The predicted molar refractivity (Wildman–Crippen MR) is 142 cm³/mol. The van der Waals surface area contributed by atoms with Gasteiger partial charge in [0, 0.05) is 0 Å². The van der Waals surface area contributed by atoms with Crippen LogP contribution in [0.1, 0.15) is 30.5 Å². The highest BCUT2D eigenvalue weighted by Crippen LogP contribution is 2.30. The number of ether oxygens (including phenoxy) is 2. The van der Waals surface area contributed by atoms with Crippen LogP contribution in [0.3, 0.4) is 0 Å². The molecule has 0 radical (unpaired) electrons. The van der Waals surface area contributed by atoms with Gasteiger partial charge < -0.3 is 9.47 Å². The number of nitrogens with zero attached hydrogens (tertiary/aromatic N) is 3. The summed E-state index contributed by atoms with van der Waals surface area (Å²) < 4.78 is 35.6. The summed E-state index contributed by atoms with van der Waals surface area (Å²) in [4.78, 5) is 16.4. The maximum Gasteiger partial charge on any atom is 0.283 e. The molecule has 0 saturated carbocycles. The molecule has 1 N–H and O–H groups in total. The standard InChI is InChI=1S/C25H26N4O5S2/c1-4-17-12-16(3)13-20(14-17)34-11-10-33-19-8-6-18(7-9-19)15-21-22(26)29-24(27-23(21)30)35-25(28-29)36(31,32)5-2/h6-9,12-15,26H,4-5,10-11H2,1-3H3/b21-15+,26-22?. The first-order chi connectivity index (χ1) is 17.2.